The lowest BCUT2D eigenvalue weighted by molar-refractivity contribution is -0.137. The highest BCUT2D eigenvalue weighted by molar-refractivity contribution is 5.79. The van der Waals surface area contributed by atoms with Crippen LogP contribution in [0.4, 0.5) is 13.2 Å². The molecule has 0 aliphatic carbocycles. The molecule has 1 aromatic rings. The average Bonchev–Trinajstić information content (AvgIpc) is 3.18. The maximum atomic E-state index is 12.6. The molecule has 1 amide bonds. The molecule has 0 N–H and O–H groups in total. The third-order valence-corrected chi connectivity index (χ3v) is 4.73. The Balaban J connectivity index is 1.54. The predicted octanol–water partition coefficient (Wildman–Crippen LogP) is 3.15. The van der Waals surface area contributed by atoms with E-state index in [0.717, 1.165) is 56.6 Å². The Hall–Kier alpha value is -1.56. The van der Waals surface area contributed by atoms with E-state index >= 15 is 0 Å². The van der Waals surface area contributed by atoms with Crippen LogP contribution < -0.4 is 0 Å². The van der Waals surface area contributed by atoms with Gasteiger partial charge in [0.1, 0.15) is 0 Å². The molecule has 0 saturated carbocycles. The quantitative estimate of drug-likeness (QED) is 0.852. The number of hydrogen-bond acceptors (Lipinski definition) is 2. The average molecular weight is 326 g/mol. The van der Waals surface area contributed by atoms with Crippen molar-refractivity contribution in [2.75, 3.05) is 26.2 Å². The Kier molecular flexibility index (Phi) is 4.62. The summed E-state index contributed by atoms with van der Waals surface area (Å²) >= 11 is 0. The first-order valence-electron chi connectivity index (χ1n) is 8.11. The molecular weight excluding hydrogens is 305 g/mol. The maximum absolute atomic E-state index is 12.6. The van der Waals surface area contributed by atoms with Gasteiger partial charge in [0, 0.05) is 26.2 Å². The molecule has 3 rings (SSSR count). The van der Waals surface area contributed by atoms with E-state index in [1.54, 1.807) is 0 Å². The lowest BCUT2D eigenvalue weighted by Crippen LogP contribution is -2.35. The minimum absolute atomic E-state index is 0.0440. The van der Waals surface area contributed by atoms with Gasteiger partial charge in [0.25, 0.3) is 0 Å². The van der Waals surface area contributed by atoms with Crippen LogP contribution >= 0.6 is 0 Å². The second kappa shape index (κ2) is 6.51. The molecule has 23 heavy (non-hydrogen) atoms. The fraction of sp³-hybridized carbons (Fsp3) is 0.588. The summed E-state index contributed by atoms with van der Waals surface area (Å²) < 4.78 is 37.7. The summed E-state index contributed by atoms with van der Waals surface area (Å²) in [5.74, 6) is 0.292. The van der Waals surface area contributed by atoms with E-state index in [0.29, 0.717) is 13.1 Å². The van der Waals surface area contributed by atoms with Gasteiger partial charge < -0.3 is 4.90 Å². The summed E-state index contributed by atoms with van der Waals surface area (Å²) in [6.07, 6.45) is -1.27. The number of benzene rings is 1. The van der Waals surface area contributed by atoms with Gasteiger partial charge in [0.15, 0.2) is 0 Å². The van der Waals surface area contributed by atoms with Crippen LogP contribution in [0.25, 0.3) is 0 Å². The topological polar surface area (TPSA) is 23.6 Å². The molecule has 6 heteroatoms. The zero-order valence-electron chi connectivity index (χ0n) is 13.0. The summed E-state index contributed by atoms with van der Waals surface area (Å²) in [7, 11) is 0. The zero-order valence-corrected chi connectivity index (χ0v) is 13.0. The maximum Gasteiger partial charge on any atom is 0.416 e. The Labute approximate surface area is 134 Å². The van der Waals surface area contributed by atoms with E-state index in [-0.39, 0.29) is 11.8 Å². The summed E-state index contributed by atoms with van der Waals surface area (Å²) in [4.78, 5) is 16.5. The molecule has 0 radical (unpaired) electrons. The second-order valence-electron chi connectivity index (χ2n) is 6.45. The smallest absolute Gasteiger partial charge is 0.342 e. The summed E-state index contributed by atoms with van der Waals surface area (Å²) in [5, 5.41) is 0. The lowest BCUT2D eigenvalue weighted by Gasteiger charge is -2.20. The SMILES string of the molecule is O=C(C1CCN(Cc2ccc(C(F)(F)F)cc2)C1)N1CCCC1. The van der Waals surface area contributed by atoms with Gasteiger partial charge in [0.2, 0.25) is 5.91 Å². The molecule has 1 atom stereocenters. The minimum Gasteiger partial charge on any atom is -0.342 e. The normalized spacial score (nSPS) is 22.7. The van der Waals surface area contributed by atoms with Crippen LogP contribution in [0.2, 0.25) is 0 Å². The molecule has 2 fully saturated rings. The highest BCUT2D eigenvalue weighted by Crippen LogP contribution is 2.29. The predicted molar refractivity (Wildman–Crippen MR) is 80.6 cm³/mol. The molecule has 0 aromatic heterocycles. The number of carbonyl (C=O) groups is 1. The molecule has 3 nitrogen and oxygen atoms in total. The number of hydrogen-bond donors (Lipinski definition) is 0. The number of nitrogens with zero attached hydrogens (tertiary/aromatic N) is 2. The van der Waals surface area contributed by atoms with E-state index < -0.39 is 11.7 Å². The van der Waals surface area contributed by atoms with Gasteiger partial charge in [-0.15, -0.1) is 0 Å². The highest BCUT2D eigenvalue weighted by atomic mass is 19.4. The fourth-order valence-corrected chi connectivity index (χ4v) is 3.43. The number of alkyl halides is 3. The molecular formula is C17H21F3N2O. The molecule has 1 unspecified atom stereocenters. The third kappa shape index (κ3) is 3.86. The zero-order chi connectivity index (χ0) is 16.4. The number of carbonyl (C=O) groups excluding carboxylic acids is 1. The largest absolute Gasteiger partial charge is 0.416 e. The summed E-state index contributed by atoms with van der Waals surface area (Å²) in [5.41, 5.74) is 0.233. The number of amides is 1. The standard InChI is InChI=1S/C17H21F3N2O/c18-17(19,20)15-5-3-13(4-6-15)11-21-10-7-14(12-21)16(23)22-8-1-2-9-22/h3-6,14H,1-2,7-12H2. The van der Waals surface area contributed by atoms with Crippen LogP contribution in [0.3, 0.4) is 0 Å². The minimum atomic E-state index is -4.29. The van der Waals surface area contributed by atoms with Gasteiger partial charge in [-0.2, -0.15) is 13.2 Å². The van der Waals surface area contributed by atoms with Crippen LogP contribution in [0.1, 0.15) is 30.4 Å². The van der Waals surface area contributed by atoms with Crippen LogP contribution in [-0.4, -0.2) is 41.9 Å². The van der Waals surface area contributed by atoms with Crippen molar-refractivity contribution in [3.63, 3.8) is 0 Å². The fourth-order valence-electron chi connectivity index (χ4n) is 3.43. The third-order valence-electron chi connectivity index (χ3n) is 4.73. The van der Waals surface area contributed by atoms with Crippen molar-refractivity contribution < 1.29 is 18.0 Å². The van der Waals surface area contributed by atoms with Gasteiger partial charge in [-0.25, -0.2) is 0 Å². The van der Waals surface area contributed by atoms with Crippen LogP contribution in [0.15, 0.2) is 24.3 Å². The number of rotatable bonds is 3. The first-order valence-corrected chi connectivity index (χ1v) is 8.11. The second-order valence-corrected chi connectivity index (χ2v) is 6.45. The van der Waals surface area contributed by atoms with E-state index in [1.165, 1.54) is 12.1 Å². The highest BCUT2D eigenvalue weighted by Gasteiger charge is 2.33. The van der Waals surface area contributed by atoms with Gasteiger partial charge in [-0.1, -0.05) is 12.1 Å². The number of likely N-dealkylation sites (tertiary alicyclic amines) is 2. The lowest BCUT2D eigenvalue weighted by atomic mass is 10.1. The van der Waals surface area contributed by atoms with Crippen molar-refractivity contribution in [3.8, 4) is 0 Å². The van der Waals surface area contributed by atoms with Gasteiger partial charge in [-0.3, -0.25) is 9.69 Å². The Morgan fingerprint density at radius 3 is 2.35 bits per heavy atom. The molecule has 126 valence electrons. The summed E-state index contributed by atoms with van der Waals surface area (Å²) in [6.45, 7) is 3.87. The summed E-state index contributed by atoms with van der Waals surface area (Å²) in [6, 6.07) is 5.30. The number of halogens is 3. The van der Waals surface area contributed by atoms with Crippen LogP contribution in [0, 0.1) is 5.92 Å². The molecule has 2 aliphatic heterocycles. The Morgan fingerprint density at radius 1 is 1.09 bits per heavy atom. The van der Waals surface area contributed by atoms with Gasteiger partial charge in [-0.05, 0) is 43.5 Å². The first kappa shape index (κ1) is 16.3. The molecule has 0 bridgehead atoms. The first-order chi connectivity index (χ1) is 10.9. The molecule has 1 aromatic carbocycles. The molecule has 0 spiro atoms. The van der Waals surface area contributed by atoms with E-state index in [2.05, 4.69) is 4.90 Å². The van der Waals surface area contributed by atoms with Crippen molar-refractivity contribution in [1.29, 1.82) is 0 Å². The van der Waals surface area contributed by atoms with Crippen LogP contribution in [-0.2, 0) is 17.5 Å². The van der Waals surface area contributed by atoms with Crippen LogP contribution in [0.5, 0.6) is 0 Å². The van der Waals surface area contributed by atoms with E-state index in [4.69, 9.17) is 0 Å². The van der Waals surface area contributed by atoms with Crippen molar-refractivity contribution in [3.05, 3.63) is 35.4 Å². The van der Waals surface area contributed by atoms with E-state index in [1.807, 2.05) is 4.90 Å². The van der Waals surface area contributed by atoms with Gasteiger partial charge >= 0.3 is 6.18 Å². The molecule has 2 saturated heterocycles. The molecule has 2 heterocycles. The molecule has 2 aliphatic rings. The monoisotopic (exact) mass is 326 g/mol. The van der Waals surface area contributed by atoms with Crippen molar-refractivity contribution in [2.24, 2.45) is 5.92 Å². The van der Waals surface area contributed by atoms with Gasteiger partial charge in [0.05, 0.1) is 11.5 Å². The van der Waals surface area contributed by atoms with E-state index in [9.17, 15) is 18.0 Å². The Bertz CT molecular complexity index is 550. The Morgan fingerprint density at radius 2 is 1.74 bits per heavy atom. The van der Waals surface area contributed by atoms with Crippen molar-refractivity contribution in [2.45, 2.75) is 32.0 Å². The van der Waals surface area contributed by atoms with Crippen molar-refractivity contribution >= 4 is 5.91 Å². The van der Waals surface area contributed by atoms with Crippen molar-refractivity contribution in [1.82, 2.24) is 9.80 Å².